The van der Waals surface area contributed by atoms with Gasteiger partial charge in [-0.1, -0.05) is 6.42 Å². The first kappa shape index (κ1) is 27.6. The number of imidazole rings is 1. The fourth-order valence-electron chi connectivity index (χ4n) is 5.35. The van der Waals surface area contributed by atoms with Crippen molar-refractivity contribution in [2.75, 3.05) is 37.8 Å². The van der Waals surface area contributed by atoms with Crippen LogP contribution in [0.1, 0.15) is 19.3 Å². The van der Waals surface area contributed by atoms with E-state index in [2.05, 4.69) is 45.7 Å². The largest absolute Gasteiger partial charge is 0.384 e. The van der Waals surface area contributed by atoms with Crippen molar-refractivity contribution in [3.8, 4) is 33.8 Å². The number of benzene rings is 1. The van der Waals surface area contributed by atoms with Gasteiger partial charge < -0.3 is 20.5 Å². The van der Waals surface area contributed by atoms with E-state index in [1.54, 1.807) is 24.8 Å². The summed E-state index contributed by atoms with van der Waals surface area (Å²) in [5.41, 5.74) is 6.74. The number of carbonyl (C=O) groups excluding carboxylic acids is 1. The van der Waals surface area contributed by atoms with Crippen molar-refractivity contribution in [3.05, 3.63) is 67.0 Å². The molecule has 1 aliphatic carbocycles. The molecule has 0 unspecified atom stereocenters. The number of aromatic nitrogens is 7. The summed E-state index contributed by atoms with van der Waals surface area (Å²) in [5, 5.41) is 14.5. The molecule has 0 atom stereocenters. The first-order chi connectivity index (χ1) is 21.4. The lowest BCUT2D eigenvalue weighted by atomic mass is 9.85. The molecule has 1 saturated carbocycles. The lowest BCUT2D eigenvalue weighted by molar-refractivity contribution is -0.122. The number of halogens is 1. The van der Waals surface area contributed by atoms with Crippen molar-refractivity contribution in [2.45, 2.75) is 19.3 Å². The Labute approximate surface area is 252 Å². The Bertz CT molecular complexity index is 1990. The van der Waals surface area contributed by atoms with Gasteiger partial charge in [0.1, 0.15) is 17.0 Å². The zero-order valence-electron chi connectivity index (χ0n) is 24.4. The lowest BCUT2D eigenvalue weighted by Crippen LogP contribution is -2.28. The van der Waals surface area contributed by atoms with Crippen LogP contribution in [0, 0.1) is 11.7 Å². The summed E-state index contributed by atoms with van der Waals surface area (Å²) in [6.07, 6.45) is 9.76. The van der Waals surface area contributed by atoms with E-state index < -0.39 is 0 Å². The van der Waals surface area contributed by atoms with Gasteiger partial charge >= 0.3 is 0 Å². The molecule has 5 aromatic heterocycles. The predicted octanol–water partition coefficient (Wildman–Crippen LogP) is 5.48. The fraction of sp³-hybridized carbons (Fsp3) is 0.250. The van der Waals surface area contributed by atoms with E-state index in [0.29, 0.717) is 51.8 Å². The maximum Gasteiger partial charge on any atom is 0.227 e. The SMILES string of the molecule is CN(C)CCNc1cc(F)cc(-c2ccnc3[nH]c(-c4n[nH]c5ncc(-c6cncc(NC(=O)C7CCC7)c6)cc45)nc23)c1. The Hall–Kier alpha value is -5.23. The fourth-order valence-corrected chi connectivity index (χ4v) is 5.35. The first-order valence-electron chi connectivity index (χ1n) is 14.6. The second-order valence-corrected chi connectivity index (χ2v) is 11.4. The molecule has 0 saturated heterocycles. The Morgan fingerprint density at radius 1 is 1.00 bits per heavy atom. The van der Waals surface area contributed by atoms with Crippen LogP contribution < -0.4 is 10.6 Å². The van der Waals surface area contributed by atoms with Crippen LogP contribution >= 0.6 is 0 Å². The smallest absolute Gasteiger partial charge is 0.227 e. The number of carbonyl (C=O) groups is 1. The van der Waals surface area contributed by atoms with Gasteiger partial charge in [-0.25, -0.2) is 19.3 Å². The highest BCUT2D eigenvalue weighted by Crippen LogP contribution is 2.34. The average Bonchev–Trinajstić information content (AvgIpc) is 3.59. The molecule has 1 aromatic carbocycles. The van der Waals surface area contributed by atoms with E-state index in [0.717, 1.165) is 47.9 Å². The number of hydrogen-bond donors (Lipinski definition) is 4. The van der Waals surface area contributed by atoms with Gasteiger partial charge in [-0.3, -0.25) is 14.9 Å². The number of fused-ring (bicyclic) bond motifs is 2. The molecule has 0 aliphatic heterocycles. The number of aromatic amines is 2. The molecule has 1 aliphatic rings. The predicted molar refractivity (Wildman–Crippen MR) is 168 cm³/mol. The summed E-state index contributed by atoms with van der Waals surface area (Å²) in [5.74, 6) is 0.282. The third-order valence-corrected chi connectivity index (χ3v) is 7.94. The van der Waals surface area contributed by atoms with Crippen LogP contribution in [0.15, 0.2) is 61.2 Å². The molecule has 44 heavy (non-hydrogen) atoms. The van der Waals surface area contributed by atoms with E-state index in [9.17, 15) is 9.18 Å². The van der Waals surface area contributed by atoms with Gasteiger partial charge in [0.05, 0.1) is 17.3 Å². The number of H-pyrrole nitrogens is 2. The quantitative estimate of drug-likeness (QED) is 0.174. The van der Waals surface area contributed by atoms with E-state index in [4.69, 9.17) is 4.98 Å². The topological polar surface area (TPSA) is 140 Å². The third kappa shape index (κ3) is 5.47. The summed E-state index contributed by atoms with van der Waals surface area (Å²) in [6, 6.07) is 10.6. The Balaban J connectivity index is 1.21. The Morgan fingerprint density at radius 2 is 1.84 bits per heavy atom. The molecular formula is C32H31FN10O. The van der Waals surface area contributed by atoms with Gasteiger partial charge in [0.2, 0.25) is 5.91 Å². The van der Waals surface area contributed by atoms with Crippen molar-refractivity contribution in [1.29, 1.82) is 0 Å². The molecule has 4 N–H and O–H groups in total. The maximum atomic E-state index is 14.7. The number of nitrogens with one attached hydrogen (secondary N) is 4. The highest BCUT2D eigenvalue weighted by Gasteiger charge is 2.25. The summed E-state index contributed by atoms with van der Waals surface area (Å²) in [7, 11) is 3.99. The van der Waals surface area contributed by atoms with Crippen molar-refractivity contribution >= 4 is 39.5 Å². The van der Waals surface area contributed by atoms with Crippen molar-refractivity contribution in [1.82, 2.24) is 40.0 Å². The number of hydrogen-bond acceptors (Lipinski definition) is 8. The van der Waals surface area contributed by atoms with Crippen molar-refractivity contribution in [3.63, 3.8) is 0 Å². The molecule has 7 rings (SSSR count). The number of nitrogens with zero attached hydrogens (tertiary/aromatic N) is 6. The van der Waals surface area contributed by atoms with Crippen LogP contribution in [0.3, 0.4) is 0 Å². The molecular weight excluding hydrogens is 559 g/mol. The van der Waals surface area contributed by atoms with Crippen LogP contribution in [0.25, 0.3) is 56.0 Å². The van der Waals surface area contributed by atoms with Gasteiger partial charge in [0.15, 0.2) is 17.1 Å². The Morgan fingerprint density at radius 3 is 2.66 bits per heavy atom. The monoisotopic (exact) mass is 590 g/mol. The minimum absolute atomic E-state index is 0.0359. The zero-order chi connectivity index (χ0) is 30.2. The van der Waals surface area contributed by atoms with Crippen LogP contribution in [0.4, 0.5) is 15.8 Å². The summed E-state index contributed by atoms with van der Waals surface area (Å²) >= 11 is 0. The second kappa shape index (κ2) is 11.5. The van der Waals surface area contributed by atoms with Crippen molar-refractivity contribution < 1.29 is 9.18 Å². The normalized spacial score (nSPS) is 13.5. The van der Waals surface area contributed by atoms with Crippen LogP contribution in [0.5, 0.6) is 0 Å². The average molecular weight is 591 g/mol. The summed E-state index contributed by atoms with van der Waals surface area (Å²) in [6.45, 7) is 1.51. The molecule has 0 bridgehead atoms. The number of amides is 1. The highest BCUT2D eigenvalue weighted by molar-refractivity contribution is 5.97. The first-order valence-corrected chi connectivity index (χ1v) is 14.6. The van der Waals surface area contributed by atoms with E-state index in [1.165, 1.54) is 12.1 Å². The molecule has 6 aromatic rings. The number of rotatable bonds is 9. The van der Waals surface area contributed by atoms with Gasteiger partial charge in [-0.2, -0.15) is 5.10 Å². The van der Waals surface area contributed by atoms with Gasteiger partial charge in [-0.15, -0.1) is 0 Å². The Kier molecular flexibility index (Phi) is 7.18. The standard InChI is InChI=1S/C32H31FN10O/c1-43(2)9-8-35-23-11-19(10-22(33)14-23)25-6-7-36-30-27(25)39-31(40-30)28-26-13-21(16-37-29(26)42-41-28)20-12-24(17-34-15-20)38-32(44)18-4-3-5-18/h6-7,10-18,35H,3-5,8-9H2,1-2H3,(H,38,44)(H,36,39,40)(H,37,41,42). The van der Waals surface area contributed by atoms with E-state index >= 15 is 0 Å². The minimum Gasteiger partial charge on any atom is -0.384 e. The second-order valence-electron chi connectivity index (χ2n) is 11.4. The maximum absolute atomic E-state index is 14.7. The molecule has 5 heterocycles. The van der Waals surface area contributed by atoms with Crippen molar-refractivity contribution in [2.24, 2.45) is 5.92 Å². The van der Waals surface area contributed by atoms with E-state index in [1.807, 2.05) is 38.4 Å². The zero-order valence-corrected chi connectivity index (χ0v) is 24.4. The molecule has 11 nitrogen and oxygen atoms in total. The van der Waals surface area contributed by atoms with Gasteiger partial charge in [-0.05, 0) is 68.9 Å². The summed E-state index contributed by atoms with van der Waals surface area (Å²) < 4.78 is 14.7. The number of likely N-dealkylation sites (N-methyl/N-ethyl adjacent to an activating group) is 1. The van der Waals surface area contributed by atoms with Crippen LogP contribution in [-0.4, -0.2) is 73.1 Å². The van der Waals surface area contributed by atoms with Gasteiger partial charge in [0, 0.05) is 60.0 Å². The number of pyridine rings is 3. The minimum atomic E-state index is -0.339. The summed E-state index contributed by atoms with van der Waals surface area (Å²) in [4.78, 5) is 36.1. The van der Waals surface area contributed by atoms with E-state index in [-0.39, 0.29) is 17.6 Å². The van der Waals surface area contributed by atoms with Crippen LogP contribution in [0.2, 0.25) is 0 Å². The molecule has 1 amide bonds. The molecule has 222 valence electrons. The number of anilines is 2. The molecule has 0 spiro atoms. The molecule has 12 heteroatoms. The lowest BCUT2D eigenvalue weighted by Gasteiger charge is -2.24. The van der Waals surface area contributed by atoms with Crippen LogP contribution in [-0.2, 0) is 4.79 Å². The molecule has 1 fully saturated rings. The third-order valence-electron chi connectivity index (χ3n) is 7.94. The highest BCUT2D eigenvalue weighted by atomic mass is 19.1. The molecule has 0 radical (unpaired) electrons. The van der Waals surface area contributed by atoms with Gasteiger partial charge in [0.25, 0.3) is 0 Å².